The monoisotopic (exact) mass is 389 g/mol. The predicted octanol–water partition coefficient (Wildman–Crippen LogP) is 2.36. The van der Waals surface area contributed by atoms with Crippen LogP contribution in [0.25, 0.3) is 0 Å². The zero-order valence-electron chi connectivity index (χ0n) is 13.1. The zero-order chi connectivity index (χ0) is 14.7. The van der Waals surface area contributed by atoms with E-state index in [0.29, 0.717) is 0 Å². The van der Waals surface area contributed by atoms with Crippen LogP contribution in [0, 0.1) is 0 Å². The van der Waals surface area contributed by atoms with Crippen LogP contribution in [0.5, 0.6) is 5.75 Å². The number of hydrogen-bond donors (Lipinski definition) is 1. The lowest BCUT2D eigenvalue weighted by Gasteiger charge is -2.38. The van der Waals surface area contributed by atoms with Crippen LogP contribution in [0.15, 0.2) is 22.7 Å². The standard InChI is InChI=1S/C16H24BrN3O.ClH/c1-21-15-2-3-16(17)13(10-15)12-19-6-8-20(9-7-19)14-4-5-18-11-14;/h2-3,10,14,18H,4-9,11-12H2,1H3;1H. The molecule has 2 aliphatic heterocycles. The van der Waals surface area contributed by atoms with Gasteiger partial charge in [0, 0.05) is 49.8 Å². The van der Waals surface area contributed by atoms with Gasteiger partial charge in [-0.15, -0.1) is 12.4 Å². The van der Waals surface area contributed by atoms with Gasteiger partial charge < -0.3 is 10.1 Å². The van der Waals surface area contributed by atoms with E-state index in [1.54, 1.807) is 7.11 Å². The van der Waals surface area contributed by atoms with Crippen LogP contribution in [0.1, 0.15) is 12.0 Å². The van der Waals surface area contributed by atoms with Gasteiger partial charge in [-0.3, -0.25) is 9.80 Å². The fraction of sp³-hybridized carbons (Fsp3) is 0.625. The summed E-state index contributed by atoms with van der Waals surface area (Å²) >= 11 is 3.65. The smallest absolute Gasteiger partial charge is 0.119 e. The van der Waals surface area contributed by atoms with Crippen molar-refractivity contribution in [2.75, 3.05) is 46.4 Å². The molecule has 22 heavy (non-hydrogen) atoms. The SMILES string of the molecule is COc1ccc(Br)c(CN2CCN(C3CCNC3)CC2)c1.Cl. The lowest BCUT2D eigenvalue weighted by atomic mass is 10.1. The Morgan fingerprint density at radius 2 is 2.05 bits per heavy atom. The van der Waals surface area contributed by atoms with Crippen LogP contribution in [-0.2, 0) is 6.54 Å². The van der Waals surface area contributed by atoms with E-state index >= 15 is 0 Å². The van der Waals surface area contributed by atoms with Gasteiger partial charge in [0.25, 0.3) is 0 Å². The Bertz CT molecular complexity index is 474. The lowest BCUT2D eigenvalue weighted by Crippen LogP contribution is -2.50. The quantitative estimate of drug-likeness (QED) is 0.854. The number of nitrogens with one attached hydrogen (secondary N) is 1. The van der Waals surface area contributed by atoms with Crippen molar-refractivity contribution in [1.29, 1.82) is 0 Å². The number of hydrogen-bond acceptors (Lipinski definition) is 4. The van der Waals surface area contributed by atoms with Crippen molar-refractivity contribution in [1.82, 2.24) is 15.1 Å². The lowest BCUT2D eigenvalue weighted by molar-refractivity contribution is 0.0980. The summed E-state index contributed by atoms with van der Waals surface area (Å²) < 4.78 is 6.50. The van der Waals surface area contributed by atoms with Gasteiger partial charge in [0.05, 0.1) is 7.11 Å². The molecule has 4 nitrogen and oxygen atoms in total. The van der Waals surface area contributed by atoms with Gasteiger partial charge in [-0.25, -0.2) is 0 Å². The molecular weight excluding hydrogens is 366 g/mol. The highest BCUT2D eigenvalue weighted by Crippen LogP contribution is 2.24. The maximum absolute atomic E-state index is 5.33. The summed E-state index contributed by atoms with van der Waals surface area (Å²) in [5.41, 5.74) is 1.31. The predicted molar refractivity (Wildman–Crippen MR) is 96.1 cm³/mol. The summed E-state index contributed by atoms with van der Waals surface area (Å²) in [6.45, 7) is 8.03. The molecule has 0 bridgehead atoms. The number of halogens is 2. The molecular formula is C16H25BrClN3O. The minimum atomic E-state index is 0. The highest BCUT2D eigenvalue weighted by molar-refractivity contribution is 9.10. The first-order valence-corrected chi connectivity index (χ1v) is 8.55. The van der Waals surface area contributed by atoms with Crippen LogP contribution >= 0.6 is 28.3 Å². The van der Waals surface area contributed by atoms with Gasteiger partial charge >= 0.3 is 0 Å². The van der Waals surface area contributed by atoms with E-state index < -0.39 is 0 Å². The van der Waals surface area contributed by atoms with Crippen LogP contribution in [0.4, 0.5) is 0 Å². The molecule has 0 amide bonds. The number of methoxy groups -OCH3 is 1. The second-order valence-electron chi connectivity index (χ2n) is 5.92. The van der Waals surface area contributed by atoms with E-state index in [-0.39, 0.29) is 12.4 Å². The van der Waals surface area contributed by atoms with Gasteiger partial charge in [-0.05, 0) is 36.7 Å². The van der Waals surface area contributed by atoms with Gasteiger partial charge in [0.2, 0.25) is 0 Å². The van der Waals surface area contributed by atoms with Crippen LogP contribution in [0.3, 0.4) is 0 Å². The van der Waals surface area contributed by atoms with Crippen molar-refractivity contribution in [3.63, 3.8) is 0 Å². The van der Waals surface area contributed by atoms with E-state index in [4.69, 9.17) is 4.74 Å². The van der Waals surface area contributed by atoms with Gasteiger partial charge in [0.1, 0.15) is 5.75 Å². The van der Waals surface area contributed by atoms with E-state index in [2.05, 4.69) is 43.2 Å². The maximum Gasteiger partial charge on any atom is 0.119 e. The average molecular weight is 391 g/mol. The molecule has 0 spiro atoms. The number of piperazine rings is 1. The molecule has 124 valence electrons. The minimum absolute atomic E-state index is 0. The first-order valence-electron chi connectivity index (χ1n) is 7.76. The van der Waals surface area contributed by atoms with E-state index in [1.165, 1.54) is 42.6 Å². The van der Waals surface area contributed by atoms with Crippen molar-refractivity contribution in [2.45, 2.75) is 19.0 Å². The molecule has 1 aromatic carbocycles. The molecule has 2 aliphatic rings. The summed E-state index contributed by atoms with van der Waals surface area (Å²) in [4.78, 5) is 5.19. The highest BCUT2D eigenvalue weighted by Gasteiger charge is 2.26. The van der Waals surface area contributed by atoms with Crippen LogP contribution in [-0.4, -0.2) is 62.2 Å². The summed E-state index contributed by atoms with van der Waals surface area (Å²) in [6, 6.07) is 6.97. The van der Waals surface area contributed by atoms with Crippen molar-refractivity contribution in [2.24, 2.45) is 0 Å². The molecule has 2 fully saturated rings. The van der Waals surface area contributed by atoms with Crippen LogP contribution < -0.4 is 10.1 Å². The van der Waals surface area contributed by atoms with Crippen molar-refractivity contribution >= 4 is 28.3 Å². The normalized spacial score (nSPS) is 23.3. The minimum Gasteiger partial charge on any atom is -0.497 e. The molecule has 1 unspecified atom stereocenters. The molecule has 0 saturated carbocycles. The molecule has 6 heteroatoms. The Labute approximate surface area is 147 Å². The first-order chi connectivity index (χ1) is 10.3. The summed E-state index contributed by atoms with van der Waals surface area (Å²) in [6.07, 6.45) is 1.31. The van der Waals surface area contributed by atoms with E-state index in [9.17, 15) is 0 Å². The fourth-order valence-electron chi connectivity index (χ4n) is 3.28. The summed E-state index contributed by atoms with van der Waals surface area (Å²) in [5, 5.41) is 3.47. The first kappa shape index (κ1) is 18.0. The Hall–Kier alpha value is -0.330. The molecule has 0 aliphatic carbocycles. The summed E-state index contributed by atoms with van der Waals surface area (Å²) in [5.74, 6) is 0.934. The average Bonchev–Trinajstić information content (AvgIpc) is 3.04. The third-order valence-electron chi connectivity index (χ3n) is 4.60. The van der Waals surface area contributed by atoms with Gasteiger partial charge in [-0.1, -0.05) is 15.9 Å². The van der Waals surface area contributed by atoms with E-state index in [1.807, 2.05) is 6.07 Å². The largest absolute Gasteiger partial charge is 0.497 e. The molecule has 1 aromatic rings. The number of nitrogens with zero attached hydrogens (tertiary/aromatic N) is 2. The molecule has 0 aromatic heterocycles. The van der Waals surface area contributed by atoms with Gasteiger partial charge in [-0.2, -0.15) is 0 Å². The molecule has 1 atom stereocenters. The van der Waals surface area contributed by atoms with Crippen molar-refractivity contribution in [3.05, 3.63) is 28.2 Å². The zero-order valence-corrected chi connectivity index (χ0v) is 15.5. The highest BCUT2D eigenvalue weighted by atomic mass is 79.9. The second kappa shape index (κ2) is 8.50. The maximum atomic E-state index is 5.33. The number of rotatable bonds is 4. The number of benzene rings is 1. The molecule has 1 N–H and O–H groups in total. The third-order valence-corrected chi connectivity index (χ3v) is 5.38. The second-order valence-corrected chi connectivity index (χ2v) is 6.77. The van der Waals surface area contributed by atoms with Crippen molar-refractivity contribution < 1.29 is 4.74 Å². The number of ether oxygens (including phenoxy) is 1. The van der Waals surface area contributed by atoms with Crippen molar-refractivity contribution in [3.8, 4) is 5.75 Å². The Kier molecular flexibility index (Phi) is 6.96. The van der Waals surface area contributed by atoms with Gasteiger partial charge in [0.15, 0.2) is 0 Å². The molecule has 0 radical (unpaired) electrons. The van der Waals surface area contributed by atoms with Crippen LogP contribution in [0.2, 0.25) is 0 Å². The molecule has 2 saturated heterocycles. The fourth-order valence-corrected chi connectivity index (χ4v) is 3.65. The topological polar surface area (TPSA) is 27.7 Å². The van der Waals surface area contributed by atoms with E-state index in [0.717, 1.165) is 31.4 Å². The third kappa shape index (κ3) is 4.36. The Balaban J connectivity index is 0.00000176. The molecule has 2 heterocycles. The Morgan fingerprint density at radius 1 is 1.27 bits per heavy atom. The molecule has 3 rings (SSSR count). The summed E-state index contributed by atoms with van der Waals surface area (Å²) in [7, 11) is 1.72. The Morgan fingerprint density at radius 3 is 2.68 bits per heavy atom.